The summed E-state index contributed by atoms with van der Waals surface area (Å²) in [5, 5.41) is 3.00. The third kappa shape index (κ3) is 3.73. The Morgan fingerprint density at radius 2 is 2.10 bits per heavy atom. The number of rotatable bonds is 3. The minimum atomic E-state index is 0.0471. The Hall–Kier alpha value is -1.07. The van der Waals surface area contributed by atoms with Gasteiger partial charge in [-0.1, -0.05) is 6.07 Å². The number of piperidine rings is 1. The van der Waals surface area contributed by atoms with Crippen LogP contribution in [0.5, 0.6) is 0 Å². The van der Waals surface area contributed by atoms with Gasteiger partial charge in [0, 0.05) is 36.6 Å². The van der Waals surface area contributed by atoms with Crippen LogP contribution in [-0.2, 0) is 4.79 Å². The Bertz CT molecular complexity index is 482. The minimum Gasteiger partial charge on any atom is -0.370 e. The summed E-state index contributed by atoms with van der Waals surface area (Å²) in [7, 11) is 0. The van der Waals surface area contributed by atoms with Crippen molar-refractivity contribution in [2.75, 3.05) is 18.0 Å². The third-order valence-corrected chi connectivity index (χ3v) is 4.38. The maximum absolute atomic E-state index is 11.1. The zero-order valence-electron chi connectivity index (χ0n) is 12.0. The van der Waals surface area contributed by atoms with Crippen molar-refractivity contribution in [2.45, 2.75) is 38.8 Å². The van der Waals surface area contributed by atoms with Crippen molar-refractivity contribution in [3.63, 3.8) is 0 Å². The molecule has 20 heavy (non-hydrogen) atoms. The third-order valence-electron chi connectivity index (χ3n) is 3.74. The van der Waals surface area contributed by atoms with E-state index in [-0.39, 0.29) is 11.9 Å². The number of nitrogens with two attached hydrogens (primary N) is 1. The van der Waals surface area contributed by atoms with Gasteiger partial charge < -0.3 is 16.0 Å². The van der Waals surface area contributed by atoms with E-state index in [0.29, 0.717) is 6.04 Å². The topological polar surface area (TPSA) is 58.4 Å². The standard InChI is InChI=1S/C15H22BrN3O/c1-10(17)12-3-4-15(14(16)9-12)19-7-5-13(6-8-19)18-11(2)20/h3-4,9-10,13H,5-8,17H2,1-2H3,(H,18,20)/t10-/m1/s1. The fourth-order valence-electron chi connectivity index (χ4n) is 2.62. The van der Waals surface area contributed by atoms with Crippen LogP contribution in [0.25, 0.3) is 0 Å². The molecule has 1 saturated heterocycles. The van der Waals surface area contributed by atoms with Gasteiger partial charge in [-0.05, 0) is 53.4 Å². The number of nitrogens with one attached hydrogen (secondary N) is 1. The Morgan fingerprint density at radius 1 is 1.45 bits per heavy atom. The lowest BCUT2D eigenvalue weighted by atomic mass is 10.0. The van der Waals surface area contributed by atoms with E-state index in [9.17, 15) is 4.79 Å². The quantitative estimate of drug-likeness (QED) is 0.889. The first kappa shape index (κ1) is 15.3. The van der Waals surface area contributed by atoms with E-state index in [1.165, 1.54) is 5.69 Å². The Kier molecular flexibility index (Phi) is 5.05. The number of hydrogen-bond donors (Lipinski definition) is 2. The van der Waals surface area contributed by atoms with E-state index >= 15 is 0 Å². The molecule has 1 aromatic carbocycles. The first-order chi connectivity index (χ1) is 9.47. The average molecular weight is 340 g/mol. The van der Waals surface area contributed by atoms with Gasteiger partial charge in [0.05, 0.1) is 5.69 Å². The predicted octanol–water partition coefficient (Wildman–Crippen LogP) is 2.57. The molecule has 1 aromatic rings. The van der Waals surface area contributed by atoms with Crippen LogP contribution in [0.2, 0.25) is 0 Å². The van der Waals surface area contributed by atoms with E-state index in [1.54, 1.807) is 6.92 Å². The highest BCUT2D eigenvalue weighted by molar-refractivity contribution is 9.10. The number of carbonyl (C=O) groups excluding carboxylic acids is 1. The molecule has 0 aromatic heterocycles. The Morgan fingerprint density at radius 3 is 2.60 bits per heavy atom. The maximum Gasteiger partial charge on any atom is 0.217 e. The average Bonchev–Trinajstić information content (AvgIpc) is 2.39. The van der Waals surface area contributed by atoms with E-state index < -0.39 is 0 Å². The molecule has 1 aliphatic rings. The number of nitrogens with zero attached hydrogens (tertiary/aromatic N) is 1. The molecular weight excluding hydrogens is 318 g/mol. The SMILES string of the molecule is CC(=O)NC1CCN(c2ccc([C@@H](C)N)cc2Br)CC1. The number of carbonyl (C=O) groups is 1. The lowest BCUT2D eigenvalue weighted by molar-refractivity contribution is -0.119. The largest absolute Gasteiger partial charge is 0.370 e. The summed E-state index contributed by atoms with van der Waals surface area (Å²) in [5.74, 6) is 0.0610. The van der Waals surface area contributed by atoms with Crippen molar-refractivity contribution in [3.8, 4) is 0 Å². The van der Waals surface area contributed by atoms with Crippen LogP contribution < -0.4 is 16.0 Å². The van der Waals surface area contributed by atoms with Crippen molar-refractivity contribution >= 4 is 27.5 Å². The van der Waals surface area contributed by atoms with Gasteiger partial charge in [0.15, 0.2) is 0 Å². The van der Waals surface area contributed by atoms with Gasteiger partial charge in [-0.2, -0.15) is 0 Å². The highest BCUT2D eigenvalue weighted by Gasteiger charge is 2.21. The molecule has 1 atom stereocenters. The number of benzene rings is 1. The molecule has 5 heteroatoms. The molecule has 1 amide bonds. The number of anilines is 1. The monoisotopic (exact) mass is 339 g/mol. The molecule has 3 N–H and O–H groups in total. The Balaban J connectivity index is 2.02. The van der Waals surface area contributed by atoms with Crippen molar-refractivity contribution in [1.82, 2.24) is 5.32 Å². The summed E-state index contributed by atoms with van der Waals surface area (Å²) in [6.45, 7) is 5.48. The summed E-state index contributed by atoms with van der Waals surface area (Å²) in [6.07, 6.45) is 1.97. The van der Waals surface area contributed by atoms with Crippen LogP contribution in [-0.4, -0.2) is 25.0 Å². The van der Waals surface area contributed by atoms with Crippen LogP contribution in [0.4, 0.5) is 5.69 Å². The van der Waals surface area contributed by atoms with E-state index in [4.69, 9.17) is 5.73 Å². The second kappa shape index (κ2) is 6.59. The maximum atomic E-state index is 11.1. The van der Waals surface area contributed by atoms with Gasteiger partial charge in [0.2, 0.25) is 5.91 Å². The van der Waals surface area contributed by atoms with Gasteiger partial charge in [0.1, 0.15) is 0 Å². The van der Waals surface area contributed by atoms with E-state index in [2.05, 4.69) is 44.3 Å². The van der Waals surface area contributed by atoms with Crippen molar-refractivity contribution in [3.05, 3.63) is 28.2 Å². The van der Waals surface area contributed by atoms with E-state index in [1.807, 2.05) is 6.92 Å². The molecule has 0 spiro atoms. The fourth-order valence-corrected chi connectivity index (χ4v) is 3.26. The fraction of sp³-hybridized carbons (Fsp3) is 0.533. The molecule has 1 aliphatic heterocycles. The summed E-state index contributed by atoms with van der Waals surface area (Å²) < 4.78 is 1.09. The summed E-state index contributed by atoms with van der Waals surface area (Å²) in [4.78, 5) is 13.4. The molecule has 4 nitrogen and oxygen atoms in total. The zero-order chi connectivity index (χ0) is 14.7. The summed E-state index contributed by atoms with van der Waals surface area (Å²) in [6, 6.07) is 6.67. The molecule has 2 rings (SSSR count). The van der Waals surface area contributed by atoms with Crippen LogP contribution >= 0.6 is 15.9 Å². The smallest absolute Gasteiger partial charge is 0.217 e. The van der Waals surface area contributed by atoms with Gasteiger partial charge >= 0.3 is 0 Å². The normalized spacial score (nSPS) is 17.9. The second-order valence-corrected chi connectivity index (χ2v) is 6.32. The summed E-state index contributed by atoms with van der Waals surface area (Å²) >= 11 is 3.64. The predicted molar refractivity (Wildman–Crippen MR) is 85.8 cm³/mol. The number of halogens is 1. The molecule has 1 heterocycles. The summed E-state index contributed by atoms with van der Waals surface area (Å²) in [5.41, 5.74) is 8.24. The highest BCUT2D eigenvalue weighted by atomic mass is 79.9. The van der Waals surface area contributed by atoms with Gasteiger partial charge in [-0.3, -0.25) is 4.79 Å². The molecule has 0 unspecified atom stereocenters. The van der Waals surface area contributed by atoms with Gasteiger partial charge in [0.25, 0.3) is 0 Å². The van der Waals surface area contributed by atoms with Gasteiger partial charge in [-0.25, -0.2) is 0 Å². The van der Waals surface area contributed by atoms with Crippen LogP contribution in [0, 0.1) is 0 Å². The van der Waals surface area contributed by atoms with Gasteiger partial charge in [-0.15, -0.1) is 0 Å². The molecule has 0 aliphatic carbocycles. The van der Waals surface area contributed by atoms with Crippen LogP contribution in [0.15, 0.2) is 22.7 Å². The first-order valence-electron chi connectivity index (χ1n) is 7.04. The molecule has 1 fully saturated rings. The number of amides is 1. The lowest BCUT2D eigenvalue weighted by Crippen LogP contribution is -2.44. The van der Waals surface area contributed by atoms with E-state index in [0.717, 1.165) is 36.0 Å². The zero-order valence-corrected chi connectivity index (χ0v) is 13.6. The Labute approximate surface area is 128 Å². The van der Waals surface area contributed by atoms with Crippen LogP contribution in [0.1, 0.15) is 38.3 Å². The van der Waals surface area contributed by atoms with Crippen molar-refractivity contribution < 1.29 is 4.79 Å². The molecule has 0 bridgehead atoms. The molecule has 0 saturated carbocycles. The van der Waals surface area contributed by atoms with Crippen molar-refractivity contribution in [2.24, 2.45) is 5.73 Å². The highest BCUT2D eigenvalue weighted by Crippen LogP contribution is 2.30. The lowest BCUT2D eigenvalue weighted by Gasteiger charge is -2.34. The van der Waals surface area contributed by atoms with Crippen LogP contribution in [0.3, 0.4) is 0 Å². The van der Waals surface area contributed by atoms with Crippen molar-refractivity contribution in [1.29, 1.82) is 0 Å². The molecule has 110 valence electrons. The molecular formula is C15H22BrN3O. The molecule has 0 radical (unpaired) electrons. The first-order valence-corrected chi connectivity index (χ1v) is 7.83. The number of hydrogen-bond acceptors (Lipinski definition) is 3. The minimum absolute atomic E-state index is 0.0471. The second-order valence-electron chi connectivity index (χ2n) is 5.46.